The Morgan fingerprint density at radius 2 is 1.95 bits per heavy atom. The molecule has 0 bridgehead atoms. The van der Waals surface area contributed by atoms with Crippen molar-refractivity contribution in [1.82, 2.24) is 14.8 Å². The van der Waals surface area contributed by atoms with Gasteiger partial charge in [-0.3, -0.25) is 9.36 Å². The standard InChI is InChI=1S/C13H16N4O2/c1-9-4-6-10(7-5-9)12-14-15-13(17(12)3)16(2)8-11(18)19/h4-7H,8H2,1-3H3,(H,18,19). The third-order valence-electron chi connectivity index (χ3n) is 2.88. The van der Waals surface area contributed by atoms with Gasteiger partial charge in [0.25, 0.3) is 0 Å². The molecule has 0 atom stereocenters. The number of anilines is 1. The number of hydrogen-bond donors (Lipinski definition) is 1. The zero-order valence-corrected chi connectivity index (χ0v) is 11.2. The van der Waals surface area contributed by atoms with Gasteiger partial charge in [-0.25, -0.2) is 0 Å². The smallest absolute Gasteiger partial charge is 0.323 e. The molecule has 0 aliphatic heterocycles. The summed E-state index contributed by atoms with van der Waals surface area (Å²) >= 11 is 0. The quantitative estimate of drug-likeness (QED) is 0.897. The van der Waals surface area contributed by atoms with Gasteiger partial charge in [0.05, 0.1) is 0 Å². The molecular formula is C13H16N4O2. The highest BCUT2D eigenvalue weighted by Crippen LogP contribution is 2.20. The van der Waals surface area contributed by atoms with Gasteiger partial charge in [-0.1, -0.05) is 29.8 Å². The average Bonchev–Trinajstić information content (AvgIpc) is 2.71. The second kappa shape index (κ2) is 5.09. The van der Waals surface area contributed by atoms with Crippen molar-refractivity contribution >= 4 is 11.9 Å². The lowest BCUT2D eigenvalue weighted by Crippen LogP contribution is -2.27. The van der Waals surface area contributed by atoms with Crippen LogP contribution < -0.4 is 4.90 Å². The molecule has 2 aromatic rings. The van der Waals surface area contributed by atoms with E-state index in [1.54, 1.807) is 16.5 Å². The van der Waals surface area contributed by atoms with E-state index in [-0.39, 0.29) is 6.54 Å². The number of carboxylic acid groups (broad SMARTS) is 1. The molecule has 6 heteroatoms. The van der Waals surface area contributed by atoms with E-state index in [0.29, 0.717) is 11.8 Å². The summed E-state index contributed by atoms with van der Waals surface area (Å²) in [5.41, 5.74) is 2.13. The Bertz CT molecular complexity index is 589. The predicted molar refractivity (Wildman–Crippen MR) is 72.1 cm³/mol. The zero-order valence-electron chi connectivity index (χ0n) is 11.2. The molecule has 0 saturated carbocycles. The Balaban J connectivity index is 2.32. The van der Waals surface area contributed by atoms with Crippen molar-refractivity contribution < 1.29 is 9.90 Å². The van der Waals surface area contributed by atoms with E-state index in [9.17, 15) is 4.79 Å². The van der Waals surface area contributed by atoms with Gasteiger partial charge in [0, 0.05) is 19.7 Å². The van der Waals surface area contributed by atoms with Crippen LogP contribution in [0.15, 0.2) is 24.3 Å². The first-order chi connectivity index (χ1) is 8.99. The van der Waals surface area contributed by atoms with Crippen LogP contribution in [-0.2, 0) is 11.8 Å². The van der Waals surface area contributed by atoms with Crippen LogP contribution in [0.3, 0.4) is 0 Å². The number of rotatable bonds is 4. The first kappa shape index (κ1) is 13.1. The van der Waals surface area contributed by atoms with Gasteiger partial charge in [-0.2, -0.15) is 0 Å². The van der Waals surface area contributed by atoms with Crippen LogP contribution in [0, 0.1) is 6.92 Å². The number of nitrogens with zero attached hydrogens (tertiary/aromatic N) is 4. The normalized spacial score (nSPS) is 10.5. The van der Waals surface area contributed by atoms with Crippen molar-refractivity contribution in [1.29, 1.82) is 0 Å². The van der Waals surface area contributed by atoms with Gasteiger partial charge in [0.15, 0.2) is 5.82 Å². The summed E-state index contributed by atoms with van der Waals surface area (Å²) in [6, 6.07) is 7.95. The average molecular weight is 260 g/mol. The second-order valence-electron chi connectivity index (χ2n) is 4.50. The van der Waals surface area contributed by atoms with Crippen LogP contribution in [0.4, 0.5) is 5.95 Å². The number of likely N-dealkylation sites (N-methyl/N-ethyl adjacent to an activating group) is 1. The molecular weight excluding hydrogens is 244 g/mol. The van der Waals surface area contributed by atoms with Crippen molar-refractivity contribution in [2.75, 3.05) is 18.5 Å². The molecule has 1 aromatic carbocycles. The number of benzene rings is 1. The van der Waals surface area contributed by atoms with Crippen molar-refractivity contribution in [3.05, 3.63) is 29.8 Å². The van der Waals surface area contributed by atoms with Crippen LogP contribution in [-0.4, -0.2) is 39.4 Å². The number of carbonyl (C=O) groups is 1. The molecule has 1 aromatic heterocycles. The fraction of sp³-hybridized carbons (Fsp3) is 0.308. The van der Waals surface area contributed by atoms with E-state index in [2.05, 4.69) is 10.2 Å². The zero-order chi connectivity index (χ0) is 14.0. The van der Waals surface area contributed by atoms with Crippen LogP contribution in [0.1, 0.15) is 5.56 Å². The monoisotopic (exact) mass is 260 g/mol. The summed E-state index contributed by atoms with van der Waals surface area (Å²) in [7, 11) is 3.50. The molecule has 2 rings (SSSR count). The number of carboxylic acids is 1. The number of aromatic nitrogens is 3. The first-order valence-corrected chi connectivity index (χ1v) is 5.88. The Morgan fingerprint density at radius 1 is 1.32 bits per heavy atom. The third kappa shape index (κ3) is 2.73. The van der Waals surface area contributed by atoms with Crippen molar-refractivity contribution in [3.8, 4) is 11.4 Å². The fourth-order valence-corrected chi connectivity index (χ4v) is 1.88. The van der Waals surface area contributed by atoms with E-state index in [1.807, 2.05) is 38.2 Å². The molecule has 19 heavy (non-hydrogen) atoms. The number of hydrogen-bond acceptors (Lipinski definition) is 4. The first-order valence-electron chi connectivity index (χ1n) is 5.88. The fourth-order valence-electron chi connectivity index (χ4n) is 1.88. The SMILES string of the molecule is Cc1ccc(-c2nnc(N(C)CC(=O)O)n2C)cc1. The number of aliphatic carboxylic acids is 1. The second-order valence-corrected chi connectivity index (χ2v) is 4.50. The summed E-state index contributed by atoms with van der Waals surface area (Å²) in [4.78, 5) is 12.3. The molecule has 0 aliphatic carbocycles. The van der Waals surface area contributed by atoms with Crippen molar-refractivity contribution in [2.45, 2.75) is 6.92 Å². The maximum Gasteiger partial charge on any atom is 0.323 e. The molecule has 0 spiro atoms. The van der Waals surface area contributed by atoms with Gasteiger partial charge in [-0.05, 0) is 6.92 Å². The van der Waals surface area contributed by atoms with Gasteiger partial charge >= 0.3 is 5.97 Å². The summed E-state index contributed by atoms with van der Waals surface area (Å²) < 4.78 is 1.79. The van der Waals surface area contributed by atoms with E-state index < -0.39 is 5.97 Å². The van der Waals surface area contributed by atoms with Gasteiger partial charge < -0.3 is 10.0 Å². The highest BCUT2D eigenvalue weighted by Gasteiger charge is 2.15. The maximum absolute atomic E-state index is 10.7. The minimum absolute atomic E-state index is 0.111. The molecule has 0 unspecified atom stereocenters. The Labute approximate surface area is 111 Å². The number of aryl methyl sites for hydroxylation is 1. The van der Waals surface area contributed by atoms with Crippen LogP contribution in [0.2, 0.25) is 0 Å². The van der Waals surface area contributed by atoms with Crippen LogP contribution >= 0.6 is 0 Å². The lowest BCUT2D eigenvalue weighted by Gasteiger charge is -2.15. The van der Waals surface area contributed by atoms with Gasteiger partial charge in [0.1, 0.15) is 6.54 Å². The van der Waals surface area contributed by atoms with Crippen LogP contribution in [0.5, 0.6) is 0 Å². The predicted octanol–water partition coefficient (Wildman–Crippen LogP) is 1.31. The largest absolute Gasteiger partial charge is 0.480 e. The molecule has 100 valence electrons. The summed E-state index contributed by atoms with van der Waals surface area (Å²) in [6.45, 7) is 1.91. The topological polar surface area (TPSA) is 71.2 Å². The lowest BCUT2D eigenvalue weighted by atomic mass is 10.1. The van der Waals surface area contributed by atoms with Crippen molar-refractivity contribution in [2.24, 2.45) is 7.05 Å². The summed E-state index contributed by atoms with van der Waals surface area (Å²) in [5, 5.41) is 17.0. The van der Waals surface area contributed by atoms with E-state index in [0.717, 1.165) is 5.56 Å². The van der Waals surface area contributed by atoms with Crippen molar-refractivity contribution in [3.63, 3.8) is 0 Å². The lowest BCUT2D eigenvalue weighted by molar-refractivity contribution is -0.135. The molecule has 0 saturated heterocycles. The molecule has 0 fully saturated rings. The molecule has 0 radical (unpaired) electrons. The van der Waals surface area contributed by atoms with Gasteiger partial charge in [-0.15, -0.1) is 10.2 Å². The summed E-state index contributed by atoms with van der Waals surface area (Å²) in [6.07, 6.45) is 0. The minimum Gasteiger partial charge on any atom is -0.480 e. The highest BCUT2D eigenvalue weighted by molar-refractivity contribution is 5.72. The maximum atomic E-state index is 10.7. The Hall–Kier alpha value is -2.37. The molecule has 1 N–H and O–H groups in total. The Morgan fingerprint density at radius 3 is 2.53 bits per heavy atom. The third-order valence-corrected chi connectivity index (χ3v) is 2.88. The van der Waals surface area contributed by atoms with Gasteiger partial charge in [0.2, 0.25) is 5.95 Å². The Kier molecular flexibility index (Phi) is 3.50. The molecule has 0 amide bonds. The molecule has 6 nitrogen and oxygen atoms in total. The van der Waals surface area contributed by atoms with Crippen LogP contribution in [0.25, 0.3) is 11.4 Å². The highest BCUT2D eigenvalue weighted by atomic mass is 16.4. The van der Waals surface area contributed by atoms with E-state index >= 15 is 0 Å². The summed E-state index contributed by atoms with van der Waals surface area (Å²) in [5.74, 6) is 0.340. The van der Waals surface area contributed by atoms with E-state index in [4.69, 9.17) is 5.11 Å². The molecule has 0 aliphatic rings. The minimum atomic E-state index is -0.901. The van der Waals surface area contributed by atoms with E-state index in [1.165, 1.54) is 5.56 Å². The molecule has 1 heterocycles.